The lowest BCUT2D eigenvalue weighted by atomic mass is 10.2. The van der Waals surface area contributed by atoms with Crippen molar-refractivity contribution >= 4 is 35.0 Å². The topological polar surface area (TPSA) is 87.7 Å². The number of benzene rings is 2. The molecule has 6 nitrogen and oxygen atoms in total. The Morgan fingerprint density at radius 2 is 1.87 bits per heavy atom. The standard InChI is InChI=1S/C15H12Cl2N2O4/c16-10-4-5-12(17)13(7-10)23-8-14(21)18-19-15(22)9-2-1-3-11(20)6-9/h1-7,20H,8H2,(H,18,21)(H,19,22). The van der Waals surface area contributed by atoms with Crippen molar-refractivity contribution in [2.75, 3.05) is 6.61 Å². The minimum Gasteiger partial charge on any atom is -0.508 e. The van der Waals surface area contributed by atoms with Crippen LogP contribution in [-0.2, 0) is 4.79 Å². The molecule has 2 aromatic carbocycles. The zero-order valence-corrected chi connectivity index (χ0v) is 13.2. The zero-order valence-electron chi connectivity index (χ0n) is 11.7. The Morgan fingerprint density at radius 1 is 1.09 bits per heavy atom. The lowest BCUT2D eigenvalue weighted by molar-refractivity contribution is -0.123. The van der Waals surface area contributed by atoms with Crippen molar-refractivity contribution in [2.24, 2.45) is 0 Å². The molecule has 2 rings (SSSR count). The first-order valence-corrected chi connectivity index (χ1v) is 7.17. The van der Waals surface area contributed by atoms with Gasteiger partial charge in [0.2, 0.25) is 0 Å². The number of carbonyl (C=O) groups is 2. The molecule has 0 bridgehead atoms. The molecule has 0 fully saturated rings. The number of halogens is 2. The summed E-state index contributed by atoms with van der Waals surface area (Å²) in [4.78, 5) is 23.4. The molecule has 0 saturated heterocycles. The van der Waals surface area contributed by atoms with E-state index in [9.17, 15) is 14.7 Å². The smallest absolute Gasteiger partial charge is 0.276 e. The van der Waals surface area contributed by atoms with E-state index in [1.807, 2.05) is 0 Å². The Hall–Kier alpha value is -2.44. The van der Waals surface area contributed by atoms with E-state index in [0.717, 1.165) is 0 Å². The number of hydrogen-bond donors (Lipinski definition) is 3. The van der Waals surface area contributed by atoms with Gasteiger partial charge in [-0.15, -0.1) is 0 Å². The van der Waals surface area contributed by atoms with Gasteiger partial charge in [0.25, 0.3) is 11.8 Å². The quantitative estimate of drug-likeness (QED) is 0.736. The first-order chi connectivity index (χ1) is 11.0. The summed E-state index contributed by atoms with van der Waals surface area (Å²) in [5.41, 5.74) is 4.58. The molecule has 120 valence electrons. The molecule has 0 heterocycles. The first kappa shape index (κ1) is 16.9. The van der Waals surface area contributed by atoms with Gasteiger partial charge in [-0.25, -0.2) is 0 Å². The lowest BCUT2D eigenvalue weighted by Gasteiger charge is -2.10. The number of aromatic hydroxyl groups is 1. The summed E-state index contributed by atoms with van der Waals surface area (Å²) in [5.74, 6) is -0.957. The van der Waals surface area contributed by atoms with Gasteiger partial charge in [0, 0.05) is 16.7 Å². The highest BCUT2D eigenvalue weighted by molar-refractivity contribution is 6.34. The number of amides is 2. The van der Waals surface area contributed by atoms with E-state index >= 15 is 0 Å². The molecule has 0 spiro atoms. The number of nitrogens with one attached hydrogen (secondary N) is 2. The molecule has 0 radical (unpaired) electrons. The van der Waals surface area contributed by atoms with Gasteiger partial charge in [-0.05, 0) is 30.3 Å². The fourth-order valence-corrected chi connectivity index (χ4v) is 1.95. The molecule has 0 aliphatic heterocycles. The molecule has 0 saturated carbocycles. The Morgan fingerprint density at radius 3 is 2.61 bits per heavy atom. The Labute approximate surface area is 141 Å². The van der Waals surface area contributed by atoms with Gasteiger partial charge in [0.15, 0.2) is 6.61 Å². The summed E-state index contributed by atoms with van der Waals surface area (Å²) >= 11 is 11.7. The van der Waals surface area contributed by atoms with Gasteiger partial charge < -0.3 is 9.84 Å². The third kappa shape index (κ3) is 5.05. The van der Waals surface area contributed by atoms with Crippen LogP contribution in [0.1, 0.15) is 10.4 Å². The largest absolute Gasteiger partial charge is 0.508 e. The number of hydrogen-bond acceptors (Lipinski definition) is 4. The van der Waals surface area contributed by atoms with Gasteiger partial charge >= 0.3 is 0 Å². The molecule has 23 heavy (non-hydrogen) atoms. The van der Waals surface area contributed by atoms with Gasteiger partial charge in [-0.1, -0.05) is 29.3 Å². The highest BCUT2D eigenvalue weighted by atomic mass is 35.5. The van der Waals surface area contributed by atoms with Crippen LogP contribution < -0.4 is 15.6 Å². The summed E-state index contributed by atoms with van der Waals surface area (Å²) in [5, 5.41) is 10.0. The van der Waals surface area contributed by atoms with E-state index in [0.29, 0.717) is 10.0 Å². The third-order valence-electron chi connectivity index (χ3n) is 2.68. The van der Waals surface area contributed by atoms with Crippen LogP contribution in [0, 0.1) is 0 Å². The molecule has 8 heteroatoms. The van der Waals surface area contributed by atoms with Crippen LogP contribution in [0.15, 0.2) is 42.5 Å². The maximum atomic E-state index is 11.8. The maximum Gasteiger partial charge on any atom is 0.276 e. The minimum absolute atomic E-state index is 0.0529. The molecular formula is C15H12Cl2N2O4. The van der Waals surface area contributed by atoms with E-state index in [-0.39, 0.29) is 23.7 Å². The number of carbonyl (C=O) groups excluding carboxylic acids is 2. The Kier molecular flexibility index (Phi) is 5.67. The third-order valence-corrected chi connectivity index (χ3v) is 3.22. The first-order valence-electron chi connectivity index (χ1n) is 6.42. The van der Waals surface area contributed by atoms with Gasteiger partial charge in [0.05, 0.1) is 5.02 Å². The van der Waals surface area contributed by atoms with Crippen molar-refractivity contribution in [3.05, 3.63) is 58.1 Å². The highest BCUT2D eigenvalue weighted by Crippen LogP contribution is 2.27. The fraction of sp³-hybridized carbons (Fsp3) is 0.0667. The van der Waals surface area contributed by atoms with Crippen LogP contribution in [-0.4, -0.2) is 23.5 Å². The van der Waals surface area contributed by atoms with Crippen LogP contribution in [0.5, 0.6) is 11.5 Å². The Balaban J connectivity index is 1.83. The molecule has 0 atom stereocenters. The number of rotatable bonds is 4. The summed E-state index contributed by atoms with van der Waals surface area (Å²) in [6, 6.07) is 10.3. The van der Waals surface area contributed by atoms with Crippen molar-refractivity contribution in [1.29, 1.82) is 0 Å². The van der Waals surface area contributed by atoms with Crippen molar-refractivity contribution in [3.63, 3.8) is 0 Å². The summed E-state index contributed by atoms with van der Waals surface area (Å²) < 4.78 is 5.22. The summed E-state index contributed by atoms with van der Waals surface area (Å²) in [6.45, 7) is -0.361. The highest BCUT2D eigenvalue weighted by Gasteiger charge is 2.09. The van der Waals surface area contributed by atoms with Gasteiger partial charge in [0.1, 0.15) is 11.5 Å². The molecule has 2 amide bonds. The number of ether oxygens (including phenoxy) is 1. The molecule has 2 aromatic rings. The van der Waals surface area contributed by atoms with Crippen LogP contribution >= 0.6 is 23.2 Å². The molecule has 0 aromatic heterocycles. The number of hydrazine groups is 1. The van der Waals surface area contributed by atoms with E-state index in [4.69, 9.17) is 27.9 Å². The lowest BCUT2D eigenvalue weighted by Crippen LogP contribution is -2.43. The van der Waals surface area contributed by atoms with Crippen LogP contribution in [0.25, 0.3) is 0 Å². The number of phenols is 1. The monoisotopic (exact) mass is 354 g/mol. The van der Waals surface area contributed by atoms with Crippen molar-refractivity contribution in [2.45, 2.75) is 0 Å². The van der Waals surface area contributed by atoms with E-state index < -0.39 is 11.8 Å². The van der Waals surface area contributed by atoms with E-state index in [2.05, 4.69) is 10.9 Å². The van der Waals surface area contributed by atoms with Crippen LogP contribution in [0.4, 0.5) is 0 Å². The second kappa shape index (κ2) is 7.71. The molecule has 0 unspecified atom stereocenters. The summed E-state index contributed by atoms with van der Waals surface area (Å²) in [6.07, 6.45) is 0. The van der Waals surface area contributed by atoms with Crippen molar-refractivity contribution in [3.8, 4) is 11.5 Å². The van der Waals surface area contributed by atoms with Gasteiger partial charge in [-0.3, -0.25) is 20.4 Å². The normalized spacial score (nSPS) is 10.0. The minimum atomic E-state index is -0.588. The van der Waals surface area contributed by atoms with E-state index in [1.165, 1.54) is 30.3 Å². The average molecular weight is 355 g/mol. The Bertz CT molecular complexity index is 737. The summed E-state index contributed by atoms with van der Waals surface area (Å²) in [7, 11) is 0. The predicted octanol–water partition coefficient (Wildman–Crippen LogP) is 2.54. The van der Waals surface area contributed by atoms with Crippen molar-refractivity contribution < 1.29 is 19.4 Å². The molecule has 0 aliphatic rings. The van der Waals surface area contributed by atoms with E-state index in [1.54, 1.807) is 12.1 Å². The average Bonchev–Trinajstić information content (AvgIpc) is 2.53. The molecular weight excluding hydrogens is 343 g/mol. The number of phenolic OH excluding ortho intramolecular Hbond substituents is 1. The second-order valence-electron chi connectivity index (χ2n) is 4.42. The SMILES string of the molecule is O=C(COc1cc(Cl)ccc1Cl)NNC(=O)c1cccc(O)c1. The maximum absolute atomic E-state index is 11.8. The predicted molar refractivity (Wildman–Crippen MR) is 85.7 cm³/mol. The van der Waals surface area contributed by atoms with Crippen LogP contribution in [0.2, 0.25) is 10.0 Å². The molecule has 0 aliphatic carbocycles. The van der Waals surface area contributed by atoms with Crippen molar-refractivity contribution in [1.82, 2.24) is 10.9 Å². The van der Waals surface area contributed by atoms with Gasteiger partial charge in [-0.2, -0.15) is 0 Å². The fourth-order valence-electron chi connectivity index (χ4n) is 1.61. The second-order valence-corrected chi connectivity index (χ2v) is 5.26. The zero-order chi connectivity index (χ0) is 16.8. The van der Waals surface area contributed by atoms with Crippen LogP contribution in [0.3, 0.4) is 0 Å². The molecule has 3 N–H and O–H groups in total.